The van der Waals surface area contributed by atoms with Crippen molar-refractivity contribution >= 4 is 29.4 Å². The third kappa shape index (κ3) is 6.89. The summed E-state index contributed by atoms with van der Waals surface area (Å²) < 4.78 is 10.9. The molecule has 2 amide bonds. The number of methoxy groups -OCH3 is 1. The van der Waals surface area contributed by atoms with Crippen molar-refractivity contribution in [2.24, 2.45) is 5.10 Å². The lowest BCUT2D eigenvalue weighted by atomic mass is 10.1. The highest BCUT2D eigenvalue weighted by Gasteiger charge is 2.15. The summed E-state index contributed by atoms with van der Waals surface area (Å²) in [6.45, 7) is -0.208. The SMILES string of the molecule is COc1cc(C=NNC(=O)Cc2ccccc2[N+](=O)[O-])ccc1OCC(=O)Nc1ccccc1. The highest BCUT2D eigenvalue weighted by atomic mass is 16.6. The average Bonchev–Trinajstić information content (AvgIpc) is 2.84. The molecule has 10 heteroatoms. The van der Waals surface area contributed by atoms with Crippen molar-refractivity contribution in [2.45, 2.75) is 6.42 Å². The van der Waals surface area contributed by atoms with E-state index in [0.29, 0.717) is 28.3 Å². The number of nitrogens with zero attached hydrogens (tertiary/aromatic N) is 2. The third-order valence-electron chi connectivity index (χ3n) is 4.55. The van der Waals surface area contributed by atoms with E-state index < -0.39 is 10.8 Å². The van der Waals surface area contributed by atoms with Crippen molar-refractivity contribution in [3.05, 3.63) is 94.0 Å². The lowest BCUT2D eigenvalue weighted by molar-refractivity contribution is -0.385. The molecule has 0 heterocycles. The number of carbonyl (C=O) groups excluding carboxylic acids is 2. The van der Waals surface area contributed by atoms with Crippen LogP contribution in [0.1, 0.15) is 11.1 Å². The Hall–Kier alpha value is -4.73. The van der Waals surface area contributed by atoms with Gasteiger partial charge in [-0.2, -0.15) is 5.10 Å². The molecule has 0 aliphatic heterocycles. The number of anilines is 1. The minimum atomic E-state index is -0.535. The van der Waals surface area contributed by atoms with Crippen LogP contribution >= 0.6 is 0 Å². The van der Waals surface area contributed by atoms with Crippen molar-refractivity contribution in [2.75, 3.05) is 19.0 Å². The first kappa shape index (κ1) is 23.9. The number of ether oxygens (including phenoxy) is 2. The second-order valence-electron chi connectivity index (χ2n) is 6.97. The first-order valence-corrected chi connectivity index (χ1v) is 10.2. The number of hydrogen-bond donors (Lipinski definition) is 2. The van der Waals surface area contributed by atoms with E-state index in [9.17, 15) is 19.7 Å². The first-order chi connectivity index (χ1) is 16.5. The highest BCUT2D eigenvalue weighted by Crippen LogP contribution is 2.27. The largest absolute Gasteiger partial charge is 0.493 e. The van der Waals surface area contributed by atoms with Crippen molar-refractivity contribution in [1.82, 2.24) is 5.43 Å². The minimum Gasteiger partial charge on any atom is -0.493 e. The number of benzene rings is 3. The van der Waals surface area contributed by atoms with Gasteiger partial charge in [0, 0.05) is 17.3 Å². The molecule has 0 aliphatic rings. The van der Waals surface area contributed by atoms with Gasteiger partial charge in [0.25, 0.3) is 11.6 Å². The van der Waals surface area contributed by atoms with Gasteiger partial charge in [0.05, 0.1) is 24.7 Å². The normalized spacial score (nSPS) is 10.5. The van der Waals surface area contributed by atoms with E-state index in [1.54, 1.807) is 36.4 Å². The Morgan fingerprint density at radius 3 is 2.47 bits per heavy atom. The molecule has 3 aromatic carbocycles. The zero-order valence-corrected chi connectivity index (χ0v) is 18.3. The summed E-state index contributed by atoms with van der Waals surface area (Å²) in [5.74, 6) is -0.0758. The molecule has 34 heavy (non-hydrogen) atoms. The minimum absolute atomic E-state index is 0.126. The fraction of sp³-hybridized carbons (Fsp3) is 0.125. The van der Waals surface area contributed by atoms with Crippen LogP contribution < -0.4 is 20.2 Å². The lowest BCUT2D eigenvalue weighted by Crippen LogP contribution is -2.20. The number of nitro benzene ring substituents is 1. The Morgan fingerprint density at radius 2 is 1.74 bits per heavy atom. The molecule has 3 rings (SSSR count). The maximum absolute atomic E-state index is 12.1. The number of para-hydroxylation sites is 2. The van der Waals surface area contributed by atoms with Gasteiger partial charge in [-0.25, -0.2) is 5.43 Å². The third-order valence-corrected chi connectivity index (χ3v) is 4.55. The van der Waals surface area contributed by atoms with E-state index in [4.69, 9.17) is 9.47 Å². The summed E-state index contributed by atoms with van der Waals surface area (Å²) >= 11 is 0. The Morgan fingerprint density at radius 1 is 1.00 bits per heavy atom. The zero-order valence-electron chi connectivity index (χ0n) is 18.3. The van der Waals surface area contributed by atoms with E-state index in [2.05, 4.69) is 15.8 Å². The Kier molecular flexibility index (Phi) is 8.28. The second kappa shape index (κ2) is 11.8. The van der Waals surface area contributed by atoms with Gasteiger partial charge < -0.3 is 14.8 Å². The maximum atomic E-state index is 12.1. The van der Waals surface area contributed by atoms with Crippen LogP contribution in [0.25, 0.3) is 0 Å². The number of rotatable bonds is 10. The topological polar surface area (TPSA) is 132 Å². The number of hydrazone groups is 1. The van der Waals surface area contributed by atoms with Gasteiger partial charge >= 0.3 is 0 Å². The Bertz CT molecular complexity index is 1200. The van der Waals surface area contributed by atoms with E-state index in [1.165, 1.54) is 31.5 Å². The molecule has 10 nitrogen and oxygen atoms in total. The van der Waals surface area contributed by atoms with Crippen LogP contribution in [0, 0.1) is 10.1 Å². The van der Waals surface area contributed by atoms with Crippen molar-refractivity contribution in [3.63, 3.8) is 0 Å². The Labute approximate surface area is 195 Å². The number of amides is 2. The standard InChI is InChI=1S/C24H22N4O6/c1-33-22-13-17(11-12-21(22)34-16-24(30)26-19-8-3-2-4-9-19)15-25-27-23(29)14-18-7-5-6-10-20(18)28(31)32/h2-13,15H,14,16H2,1H3,(H,26,30)(H,27,29). The molecule has 0 spiro atoms. The van der Waals surface area contributed by atoms with Crippen molar-refractivity contribution in [1.29, 1.82) is 0 Å². The fourth-order valence-corrected chi connectivity index (χ4v) is 2.98. The fourth-order valence-electron chi connectivity index (χ4n) is 2.98. The van der Waals surface area contributed by atoms with E-state index in [0.717, 1.165) is 0 Å². The molecule has 0 aromatic heterocycles. The molecule has 0 bridgehead atoms. The summed E-state index contributed by atoms with van der Waals surface area (Å²) in [5.41, 5.74) is 3.78. The van der Waals surface area contributed by atoms with Crippen LogP contribution in [-0.2, 0) is 16.0 Å². The molecule has 174 valence electrons. The monoisotopic (exact) mass is 462 g/mol. The molecule has 3 aromatic rings. The van der Waals surface area contributed by atoms with Gasteiger partial charge in [-0.15, -0.1) is 0 Å². The predicted molar refractivity (Wildman–Crippen MR) is 126 cm³/mol. The molecular formula is C24H22N4O6. The number of nitro groups is 1. The van der Waals surface area contributed by atoms with Crippen LogP contribution in [0.15, 0.2) is 77.9 Å². The molecule has 0 radical (unpaired) electrons. The summed E-state index contributed by atoms with van der Waals surface area (Å²) in [6.07, 6.45) is 1.21. The van der Waals surface area contributed by atoms with Gasteiger partial charge in [-0.1, -0.05) is 36.4 Å². The van der Waals surface area contributed by atoms with Crippen LogP contribution in [0.3, 0.4) is 0 Å². The maximum Gasteiger partial charge on any atom is 0.273 e. The molecule has 0 saturated carbocycles. The Balaban J connectivity index is 1.55. The number of nitrogens with one attached hydrogen (secondary N) is 2. The van der Waals surface area contributed by atoms with Gasteiger partial charge in [0.1, 0.15) is 0 Å². The van der Waals surface area contributed by atoms with E-state index in [-0.39, 0.29) is 24.6 Å². The first-order valence-electron chi connectivity index (χ1n) is 10.2. The van der Waals surface area contributed by atoms with Gasteiger partial charge in [-0.3, -0.25) is 19.7 Å². The van der Waals surface area contributed by atoms with Crippen LogP contribution in [0.4, 0.5) is 11.4 Å². The van der Waals surface area contributed by atoms with Gasteiger partial charge in [-0.05, 0) is 35.9 Å². The second-order valence-corrected chi connectivity index (χ2v) is 6.97. The van der Waals surface area contributed by atoms with Crippen LogP contribution in [-0.4, -0.2) is 36.7 Å². The van der Waals surface area contributed by atoms with E-state index >= 15 is 0 Å². The van der Waals surface area contributed by atoms with Crippen molar-refractivity contribution in [3.8, 4) is 11.5 Å². The molecule has 0 aliphatic carbocycles. The number of carbonyl (C=O) groups is 2. The van der Waals surface area contributed by atoms with Crippen LogP contribution in [0.2, 0.25) is 0 Å². The lowest BCUT2D eigenvalue weighted by Gasteiger charge is -2.11. The van der Waals surface area contributed by atoms with Crippen LogP contribution in [0.5, 0.6) is 11.5 Å². The highest BCUT2D eigenvalue weighted by molar-refractivity contribution is 5.92. The molecule has 2 N–H and O–H groups in total. The van der Waals surface area contributed by atoms with E-state index in [1.807, 2.05) is 18.2 Å². The molecule has 0 unspecified atom stereocenters. The number of hydrogen-bond acceptors (Lipinski definition) is 7. The molecule has 0 atom stereocenters. The average molecular weight is 462 g/mol. The zero-order chi connectivity index (χ0) is 24.3. The van der Waals surface area contributed by atoms with Crippen molar-refractivity contribution < 1.29 is 24.0 Å². The molecular weight excluding hydrogens is 440 g/mol. The smallest absolute Gasteiger partial charge is 0.273 e. The summed E-state index contributed by atoms with van der Waals surface area (Å²) in [7, 11) is 1.46. The van der Waals surface area contributed by atoms with Gasteiger partial charge in [0.15, 0.2) is 18.1 Å². The summed E-state index contributed by atoms with van der Waals surface area (Å²) in [4.78, 5) is 34.7. The molecule has 0 fully saturated rings. The summed E-state index contributed by atoms with van der Waals surface area (Å²) in [5, 5.41) is 17.7. The summed E-state index contributed by atoms with van der Waals surface area (Å²) in [6, 6.07) is 20.0. The predicted octanol–water partition coefficient (Wildman–Crippen LogP) is 3.31. The van der Waals surface area contributed by atoms with Gasteiger partial charge in [0.2, 0.25) is 5.91 Å². The quantitative estimate of drug-likeness (QED) is 0.270. The molecule has 0 saturated heterocycles.